The molecule has 0 aromatic carbocycles. The highest BCUT2D eigenvalue weighted by atomic mass is 35.5. The van der Waals surface area contributed by atoms with Crippen molar-refractivity contribution in [2.45, 2.75) is 0 Å². The van der Waals surface area contributed by atoms with Gasteiger partial charge in [0.1, 0.15) is 17.6 Å². The lowest BCUT2D eigenvalue weighted by molar-refractivity contribution is -0.113. The van der Waals surface area contributed by atoms with Crippen LogP contribution >= 0.6 is 11.6 Å². The monoisotopic (exact) mass is 198 g/mol. The number of nitrogens with one attached hydrogen (secondary N) is 1. The molecule has 0 aliphatic rings. The second kappa shape index (κ2) is 3.92. The number of anilines is 1. The molecule has 0 saturated carbocycles. The Labute approximate surface area is 79.9 Å². The molecule has 1 heterocycles. The minimum atomic E-state index is -0.343. The fourth-order valence-electron chi connectivity index (χ4n) is 0.809. The molecule has 0 aliphatic carbocycles. The third-order valence-electron chi connectivity index (χ3n) is 1.38. The van der Waals surface area contributed by atoms with E-state index in [-0.39, 0.29) is 11.8 Å². The van der Waals surface area contributed by atoms with Gasteiger partial charge in [-0.2, -0.15) is 10.4 Å². The molecule has 1 aromatic heterocycles. The molecule has 0 saturated heterocycles. The van der Waals surface area contributed by atoms with Gasteiger partial charge in [0.15, 0.2) is 5.82 Å². The maximum absolute atomic E-state index is 10.8. The number of alkyl halides is 1. The predicted octanol–water partition coefficient (Wildman–Crippen LogP) is 0.469. The standard InChI is InChI=1S/C7H7ClN4O/c1-12-5(4-9)2-6(11-12)10-7(13)3-8/h2H,3H2,1H3,(H,10,11,13). The van der Waals surface area contributed by atoms with Crippen LogP contribution in [0.1, 0.15) is 5.69 Å². The number of rotatable bonds is 2. The number of carbonyl (C=O) groups is 1. The van der Waals surface area contributed by atoms with Crippen molar-refractivity contribution in [2.75, 3.05) is 11.2 Å². The number of aromatic nitrogens is 2. The Morgan fingerprint density at radius 2 is 2.62 bits per heavy atom. The summed E-state index contributed by atoms with van der Waals surface area (Å²) in [5.74, 6) is -0.132. The quantitative estimate of drug-likeness (QED) is 0.703. The van der Waals surface area contributed by atoms with Crippen molar-refractivity contribution in [3.05, 3.63) is 11.8 Å². The number of hydrogen-bond donors (Lipinski definition) is 1. The van der Waals surface area contributed by atoms with E-state index in [9.17, 15) is 4.79 Å². The molecular formula is C7H7ClN4O. The summed E-state index contributed by atoms with van der Waals surface area (Å²) in [6.07, 6.45) is 0. The summed E-state index contributed by atoms with van der Waals surface area (Å²) in [5, 5.41) is 14.9. The summed E-state index contributed by atoms with van der Waals surface area (Å²) in [5.41, 5.74) is 0.380. The molecule has 0 spiro atoms. The lowest BCUT2D eigenvalue weighted by Crippen LogP contribution is -2.13. The summed E-state index contributed by atoms with van der Waals surface area (Å²) < 4.78 is 1.38. The first kappa shape index (κ1) is 9.55. The highest BCUT2D eigenvalue weighted by molar-refractivity contribution is 6.28. The molecule has 1 rings (SSSR count). The molecule has 0 radical (unpaired) electrons. The molecule has 1 aromatic rings. The number of amides is 1. The highest BCUT2D eigenvalue weighted by Crippen LogP contribution is 2.06. The van der Waals surface area contributed by atoms with Gasteiger partial charge >= 0.3 is 0 Å². The second-order valence-electron chi connectivity index (χ2n) is 2.33. The van der Waals surface area contributed by atoms with Crippen molar-refractivity contribution >= 4 is 23.3 Å². The third-order valence-corrected chi connectivity index (χ3v) is 1.63. The molecule has 1 N–H and O–H groups in total. The zero-order valence-electron chi connectivity index (χ0n) is 6.91. The van der Waals surface area contributed by atoms with Crippen LogP contribution in [-0.2, 0) is 11.8 Å². The average molecular weight is 199 g/mol. The molecule has 0 aliphatic heterocycles. The number of carbonyl (C=O) groups excluding carboxylic acids is 1. The van der Waals surface area contributed by atoms with E-state index in [0.29, 0.717) is 11.5 Å². The van der Waals surface area contributed by atoms with E-state index < -0.39 is 0 Å². The van der Waals surface area contributed by atoms with Crippen LogP contribution in [0.4, 0.5) is 5.82 Å². The summed E-state index contributed by atoms with van der Waals surface area (Å²) >= 11 is 5.27. The Bertz CT molecular complexity index is 365. The fraction of sp³-hybridized carbons (Fsp3) is 0.286. The van der Waals surface area contributed by atoms with Crippen molar-refractivity contribution in [3.8, 4) is 6.07 Å². The molecular weight excluding hydrogens is 192 g/mol. The maximum atomic E-state index is 10.8. The van der Waals surface area contributed by atoms with E-state index in [1.165, 1.54) is 10.7 Å². The Hall–Kier alpha value is -1.54. The molecule has 0 bridgehead atoms. The van der Waals surface area contributed by atoms with Crippen molar-refractivity contribution in [1.82, 2.24) is 9.78 Å². The van der Waals surface area contributed by atoms with Crippen molar-refractivity contribution < 1.29 is 4.79 Å². The Kier molecular flexibility index (Phi) is 2.88. The van der Waals surface area contributed by atoms with Crippen LogP contribution < -0.4 is 5.32 Å². The summed E-state index contributed by atoms with van der Waals surface area (Å²) in [4.78, 5) is 10.8. The van der Waals surface area contributed by atoms with E-state index >= 15 is 0 Å². The van der Waals surface area contributed by atoms with Gasteiger partial charge in [-0.3, -0.25) is 9.48 Å². The van der Waals surface area contributed by atoms with Crippen molar-refractivity contribution in [1.29, 1.82) is 5.26 Å². The van der Waals surface area contributed by atoms with Gasteiger partial charge in [0.2, 0.25) is 5.91 Å². The van der Waals surface area contributed by atoms with E-state index in [0.717, 1.165) is 0 Å². The topological polar surface area (TPSA) is 70.7 Å². The number of nitriles is 1. The van der Waals surface area contributed by atoms with Gasteiger partial charge in [-0.05, 0) is 0 Å². The first-order valence-corrected chi connectivity index (χ1v) is 4.00. The Balaban J connectivity index is 2.81. The molecule has 0 atom stereocenters. The zero-order valence-corrected chi connectivity index (χ0v) is 7.67. The SMILES string of the molecule is Cn1nc(NC(=O)CCl)cc1C#N. The molecule has 6 heteroatoms. The molecule has 0 unspecified atom stereocenters. The van der Waals surface area contributed by atoms with Crippen LogP contribution in [-0.4, -0.2) is 21.6 Å². The molecule has 13 heavy (non-hydrogen) atoms. The third kappa shape index (κ3) is 2.20. The first-order chi connectivity index (χ1) is 6.17. The lowest BCUT2D eigenvalue weighted by Gasteiger charge is -1.95. The van der Waals surface area contributed by atoms with Gasteiger partial charge in [-0.25, -0.2) is 0 Å². The Morgan fingerprint density at radius 1 is 1.92 bits per heavy atom. The van der Waals surface area contributed by atoms with Crippen LogP contribution in [0.25, 0.3) is 0 Å². The molecule has 68 valence electrons. The van der Waals surface area contributed by atoms with Crippen LogP contribution in [0.3, 0.4) is 0 Å². The first-order valence-electron chi connectivity index (χ1n) is 3.47. The summed E-state index contributed by atoms with van der Waals surface area (Å²) in [7, 11) is 1.62. The lowest BCUT2D eigenvalue weighted by atomic mass is 10.4. The van der Waals surface area contributed by atoms with E-state index in [2.05, 4.69) is 10.4 Å². The smallest absolute Gasteiger partial charge is 0.240 e. The van der Waals surface area contributed by atoms with Crippen LogP contribution in [0.15, 0.2) is 6.07 Å². The molecule has 5 nitrogen and oxygen atoms in total. The summed E-state index contributed by atoms with van der Waals surface area (Å²) in [6.45, 7) is 0. The number of aryl methyl sites for hydroxylation is 1. The van der Waals surface area contributed by atoms with E-state index in [1.807, 2.05) is 6.07 Å². The van der Waals surface area contributed by atoms with Crippen LogP contribution in [0, 0.1) is 11.3 Å². The van der Waals surface area contributed by atoms with Gasteiger partial charge in [-0.15, -0.1) is 11.6 Å². The van der Waals surface area contributed by atoms with Gasteiger partial charge in [0, 0.05) is 13.1 Å². The van der Waals surface area contributed by atoms with Gasteiger partial charge in [0.05, 0.1) is 0 Å². The van der Waals surface area contributed by atoms with Crippen molar-refractivity contribution in [3.63, 3.8) is 0 Å². The largest absolute Gasteiger partial charge is 0.308 e. The van der Waals surface area contributed by atoms with E-state index in [4.69, 9.17) is 16.9 Å². The van der Waals surface area contributed by atoms with Crippen LogP contribution in [0.2, 0.25) is 0 Å². The number of hydrogen-bond acceptors (Lipinski definition) is 3. The number of halogens is 1. The Morgan fingerprint density at radius 3 is 3.08 bits per heavy atom. The maximum Gasteiger partial charge on any atom is 0.240 e. The van der Waals surface area contributed by atoms with Gasteiger partial charge in [-0.1, -0.05) is 0 Å². The normalized spacial score (nSPS) is 9.31. The average Bonchev–Trinajstić information content (AvgIpc) is 2.46. The minimum Gasteiger partial charge on any atom is -0.308 e. The van der Waals surface area contributed by atoms with Crippen LogP contribution in [0.5, 0.6) is 0 Å². The summed E-state index contributed by atoms with van der Waals surface area (Å²) in [6, 6.07) is 3.40. The number of nitrogens with zero attached hydrogens (tertiary/aromatic N) is 3. The molecule has 1 amide bonds. The second-order valence-corrected chi connectivity index (χ2v) is 2.60. The molecule has 0 fully saturated rings. The zero-order chi connectivity index (χ0) is 9.84. The minimum absolute atomic E-state index is 0.127. The van der Waals surface area contributed by atoms with E-state index in [1.54, 1.807) is 7.05 Å². The highest BCUT2D eigenvalue weighted by Gasteiger charge is 2.06. The van der Waals surface area contributed by atoms with Gasteiger partial charge < -0.3 is 5.32 Å². The predicted molar refractivity (Wildman–Crippen MR) is 47.3 cm³/mol. The van der Waals surface area contributed by atoms with Crippen molar-refractivity contribution in [2.24, 2.45) is 7.05 Å². The van der Waals surface area contributed by atoms with Gasteiger partial charge in [0.25, 0.3) is 0 Å². The fourth-order valence-corrected chi connectivity index (χ4v) is 0.876.